The molecular formula is C15H29N3O. The van der Waals surface area contributed by atoms with Crippen LogP contribution < -0.4 is 5.73 Å². The van der Waals surface area contributed by atoms with Crippen LogP contribution in [-0.2, 0) is 4.74 Å². The van der Waals surface area contributed by atoms with Crippen molar-refractivity contribution in [1.29, 1.82) is 0 Å². The van der Waals surface area contributed by atoms with E-state index in [1.807, 2.05) is 0 Å². The van der Waals surface area contributed by atoms with Crippen LogP contribution in [0.3, 0.4) is 0 Å². The van der Waals surface area contributed by atoms with Gasteiger partial charge >= 0.3 is 0 Å². The van der Waals surface area contributed by atoms with Gasteiger partial charge < -0.3 is 15.4 Å². The van der Waals surface area contributed by atoms with Crippen molar-refractivity contribution in [3.05, 3.63) is 0 Å². The summed E-state index contributed by atoms with van der Waals surface area (Å²) in [6.07, 6.45) is 6.63. The van der Waals surface area contributed by atoms with Gasteiger partial charge in [-0.05, 0) is 40.0 Å². The van der Waals surface area contributed by atoms with E-state index in [-0.39, 0.29) is 0 Å². The molecule has 0 amide bonds. The van der Waals surface area contributed by atoms with Crippen molar-refractivity contribution >= 4 is 5.96 Å². The van der Waals surface area contributed by atoms with Gasteiger partial charge in [0.1, 0.15) is 0 Å². The summed E-state index contributed by atoms with van der Waals surface area (Å²) in [5.74, 6) is 0.719. The summed E-state index contributed by atoms with van der Waals surface area (Å²) in [6, 6.07) is 0.382. The van der Waals surface area contributed by atoms with Crippen LogP contribution in [0.5, 0.6) is 0 Å². The first-order chi connectivity index (χ1) is 9.17. The van der Waals surface area contributed by atoms with Crippen LogP contribution in [0.2, 0.25) is 0 Å². The molecule has 0 radical (unpaired) electrons. The predicted molar refractivity (Wildman–Crippen MR) is 79.3 cm³/mol. The van der Waals surface area contributed by atoms with Crippen molar-refractivity contribution in [2.24, 2.45) is 16.1 Å². The van der Waals surface area contributed by atoms with Crippen LogP contribution in [0, 0.1) is 5.41 Å². The van der Waals surface area contributed by atoms with Gasteiger partial charge in [0, 0.05) is 25.1 Å². The zero-order valence-electron chi connectivity index (χ0n) is 12.7. The van der Waals surface area contributed by atoms with E-state index in [1.54, 1.807) is 0 Å². The molecular weight excluding hydrogens is 238 g/mol. The van der Waals surface area contributed by atoms with Crippen LogP contribution in [0.15, 0.2) is 4.99 Å². The Morgan fingerprint density at radius 2 is 1.89 bits per heavy atom. The van der Waals surface area contributed by atoms with Crippen LogP contribution in [0.1, 0.15) is 52.9 Å². The number of nitrogens with two attached hydrogens (primary N) is 1. The molecule has 0 aromatic carbocycles. The van der Waals surface area contributed by atoms with Gasteiger partial charge in [-0.2, -0.15) is 0 Å². The minimum absolute atomic E-state index is 0.299. The zero-order valence-corrected chi connectivity index (χ0v) is 12.7. The van der Waals surface area contributed by atoms with Crippen molar-refractivity contribution in [3.63, 3.8) is 0 Å². The maximum atomic E-state index is 6.15. The first-order valence-electron chi connectivity index (χ1n) is 7.87. The largest absolute Gasteiger partial charge is 0.378 e. The molecule has 2 fully saturated rings. The Labute approximate surface area is 117 Å². The van der Waals surface area contributed by atoms with Crippen molar-refractivity contribution in [2.75, 3.05) is 19.7 Å². The fraction of sp³-hybridized carbons (Fsp3) is 0.933. The van der Waals surface area contributed by atoms with E-state index in [0.29, 0.717) is 17.6 Å². The van der Waals surface area contributed by atoms with Crippen LogP contribution in [0.25, 0.3) is 0 Å². The molecule has 0 aromatic rings. The first kappa shape index (κ1) is 14.6. The highest BCUT2D eigenvalue weighted by atomic mass is 16.5. The van der Waals surface area contributed by atoms with Crippen molar-refractivity contribution < 1.29 is 4.74 Å². The summed E-state index contributed by atoms with van der Waals surface area (Å²) in [5.41, 5.74) is 6.45. The van der Waals surface area contributed by atoms with E-state index in [9.17, 15) is 0 Å². The summed E-state index contributed by atoms with van der Waals surface area (Å²) >= 11 is 0. The van der Waals surface area contributed by atoms with Gasteiger partial charge in [0.2, 0.25) is 0 Å². The molecule has 2 saturated carbocycles. The summed E-state index contributed by atoms with van der Waals surface area (Å²) < 4.78 is 5.92. The Hall–Kier alpha value is -0.770. The molecule has 2 aliphatic carbocycles. The molecule has 0 bridgehead atoms. The number of guanidine groups is 1. The fourth-order valence-electron chi connectivity index (χ4n) is 3.82. The summed E-state index contributed by atoms with van der Waals surface area (Å²) in [7, 11) is 0. The Morgan fingerprint density at radius 3 is 2.42 bits per heavy atom. The van der Waals surface area contributed by atoms with E-state index in [0.717, 1.165) is 32.1 Å². The minimum atomic E-state index is 0.299. The Kier molecular flexibility index (Phi) is 4.71. The lowest BCUT2D eigenvalue weighted by atomic mass is 9.61. The molecule has 4 heteroatoms. The van der Waals surface area contributed by atoms with Crippen molar-refractivity contribution in [3.8, 4) is 0 Å². The Balaban J connectivity index is 2.07. The fourth-order valence-corrected chi connectivity index (χ4v) is 3.82. The lowest BCUT2D eigenvalue weighted by Gasteiger charge is -2.52. The normalized spacial score (nSPS) is 29.5. The molecule has 110 valence electrons. The SMILES string of the molecule is CCOC1CC(N=C(N)N(CC)CC)C12CCCC2. The number of hydrogen-bond donors (Lipinski definition) is 1. The molecule has 2 aliphatic rings. The topological polar surface area (TPSA) is 50.9 Å². The highest BCUT2D eigenvalue weighted by molar-refractivity contribution is 5.78. The summed E-state index contributed by atoms with van der Waals surface area (Å²) in [5, 5.41) is 0. The average Bonchev–Trinajstić information content (AvgIpc) is 2.91. The number of hydrogen-bond acceptors (Lipinski definition) is 2. The highest BCUT2D eigenvalue weighted by Gasteiger charge is 2.57. The van der Waals surface area contributed by atoms with Crippen LogP contribution in [0.4, 0.5) is 0 Å². The van der Waals surface area contributed by atoms with Gasteiger partial charge in [0.15, 0.2) is 5.96 Å². The Morgan fingerprint density at radius 1 is 1.26 bits per heavy atom. The lowest BCUT2D eigenvalue weighted by molar-refractivity contribution is -0.119. The molecule has 2 atom stereocenters. The third kappa shape index (κ3) is 2.60. The zero-order chi connectivity index (χ0) is 13.9. The number of nitrogens with zero attached hydrogens (tertiary/aromatic N) is 2. The number of rotatable bonds is 5. The van der Waals surface area contributed by atoms with Crippen molar-refractivity contribution in [2.45, 2.75) is 65.0 Å². The van der Waals surface area contributed by atoms with E-state index < -0.39 is 0 Å². The molecule has 0 saturated heterocycles. The smallest absolute Gasteiger partial charge is 0.191 e. The van der Waals surface area contributed by atoms with Gasteiger partial charge in [-0.3, -0.25) is 0 Å². The maximum Gasteiger partial charge on any atom is 0.191 e. The molecule has 2 N–H and O–H groups in total. The standard InChI is InChI=1S/C15H29N3O/c1-4-18(5-2)14(16)17-12-11-13(19-6-3)15(12)9-7-8-10-15/h12-13H,4-11H2,1-3H3,(H2,16,17). The van der Waals surface area contributed by atoms with Gasteiger partial charge in [-0.15, -0.1) is 0 Å². The maximum absolute atomic E-state index is 6.15. The Bertz CT molecular complexity index is 319. The molecule has 0 aromatic heterocycles. The van der Waals surface area contributed by atoms with E-state index in [4.69, 9.17) is 15.5 Å². The van der Waals surface area contributed by atoms with Gasteiger partial charge in [-0.25, -0.2) is 4.99 Å². The minimum Gasteiger partial charge on any atom is -0.378 e. The average molecular weight is 267 g/mol. The van der Waals surface area contributed by atoms with Crippen molar-refractivity contribution in [1.82, 2.24) is 4.90 Å². The highest BCUT2D eigenvalue weighted by Crippen LogP contribution is 2.56. The molecule has 19 heavy (non-hydrogen) atoms. The summed E-state index contributed by atoms with van der Waals surface area (Å²) in [4.78, 5) is 6.97. The third-order valence-electron chi connectivity index (χ3n) is 5.02. The first-order valence-corrected chi connectivity index (χ1v) is 7.87. The molecule has 4 nitrogen and oxygen atoms in total. The van der Waals surface area contributed by atoms with E-state index >= 15 is 0 Å². The molecule has 2 rings (SSSR count). The predicted octanol–water partition coefficient (Wildman–Crippen LogP) is 2.38. The van der Waals surface area contributed by atoms with Gasteiger partial charge in [-0.1, -0.05) is 12.8 Å². The van der Waals surface area contributed by atoms with Crippen LogP contribution >= 0.6 is 0 Å². The second-order valence-corrected chi connectivity index (χ2v) is 5.80. The molecule has 0 aliphatic heterocycles. The molecule has 2 unspecified atom stereocenters. The quantitative estimate of drug-likeness (QED) is 0.614. The van der Waals surface area contributed by atoms with Crippen LogP contribution in [-0.4, -0.2) is 42.7 Å². The second-order valence-electron chi connectivity index (χ2n) is 5.80. The number of ether oxygens (including phenoxy) is 1. The monoisotopic (exact) mass is 267 g/mol. The van der Waals surface area contributed by atoms with E-state index in [1.165, 1.54) is 25.7 Å². The molecule has 1 spiro atoms. The van der Waals surface area contributed by atoms with E-state index in [2.05, 4.69) is 25.7 Å². The summed E-state index contributed by atoms with van der Waals surface area (Å²) in [6.45, 7) is 9.01. The van der Waals surface area contributed by atoms with Gasteiger partial charge in [0.05, 0.1) is 12.1 Å². The number of aliphatic imine (C=N–C) groups is 1. The third-order valence-corrected chi connectivity index (χ3v) is 5.02. The van der Waals surface area contributed by atoms with Gasteiger partial charge in [0.25, 0.3) is 0 Å². The second kappa shape index (κ2) is 6.12. The molecule has 0 heterocycles. The lowest BCUT2D eigenvalue weighted by Crippen LogP contribution is -2.57.